The van der Waals surface area contributed by atoms with Crippen LogP contribution >= 0.6 is 0 Å². The average Bonchev–Trinajstić information content (AvgIpc) is 2.96. The molecule has 1 amide bonds. The van der Waals surface area contributed by atoms with Crippen LogP contribution in [0.2, 0.25) is 0 Å². The van der Waals surface area contributed by atoms with Crippen LogP contribution in [-0.4, -0.2) is 16.0 Å². The molecule has 0 spiro atoms. The zero-order valence-electron chi connectivity index (χ0n) is 13.9. The van der Waals surface area contributed by atoms with E-state index in [4.69, 9.17) is 4.52 Å². The van der Waals surface area contributed by atoms with Gasteiger partial charge < -0.3 is 9.84 Å². The van der Waals surface area contributed by atoms with Crippen molar-refractivity contribution in [2.45, 2.75) is 57.9 Å². The van der Waals surface area contributed by atoms with Crippen molar-refractivity contribution >= 4 is 5.91 Å². The van der Waals surface area contributed by atoms with Crippen LogP contribution in [0.4, 0.5) is 0 Å². The molecule has 5 nitrogen and oxygen atoms in total. The van der Waals surface area contributed by atoms with E-state index in [1.165, 1.54) is 24.5 Å². The molecule has 0 fully saturated rings. The van der Waals surface area contributed by atoms with Crippen LogP contribution in [0.1, 0.15) is 62.4 Å². The Hall–Kier alpha value is -2.17. The Labute approximate surface area is 136 Å². The summed E-state index contributed by atoms with van der Waals surface area (Å²) in [6, 6.07) is 8.61. The molecule has 1 aliphatic carbocycles. The second kappa shape index (κ2) is 6.14. The maximum Gasteiger partial charge on any atom is 0.227 e. The normalized spacial score (nSPS) is 17.6. The summed E-state index contributed by atoms with van der Waals surface area (Å²) in [6.07, 6.45) is 4.24. The molecule has 3 rings (SSSR count). The Morgan fingerprint density at radius 2 is 2.17 bits per heavy atom. The van der Waals surface area contributed by atoms with E-state index >= 15 is 0 Å². The van der Waals surface area contributed by atoms with Gasteiger partial charge in [-0.25, -0.2) is 0 Å². The number of fused-ring (bicyclic) bond motifs is 1. The van der Waals surface area contributed by atoms with Crippen molar-refractivity contribution in [1.29, 1.82) is 0 Å². The minimum Gasteiger partial charge on any atom is -0.344 e. The highest BCUT2D eigenvalue weighted by molar-refractivity contribution is 5.73. The summed E-state index contributed by atoms with van der Waals surface area (Å²) in [5, 5.41) is 6.91. The maximum atomic E-state index is 11.3. The molecule has 1 atom stereocenters. The zero-order valence-corrected chi connectivity index (χ0v) is 13.9. The van der Waals surface area contributed by atoms with Gasteiger partial charge in [-0.05, 0) is 50.2 Å². The van der Waals surface area contributed by atoms with Gasteiger partial charge in [0.15, 0.2) is 5.82 Å². The predicted molar refractivity (Wildman–Crippen MR) is 87.0 cm³/mol. The van der Waals surface area contributed by atoms with E-state index in [2.05, 4.69) is 39.7 Å². The number of hydrogen-bond acceptors (Lipinski definition) is 4. The molecule has 1 aromatic carbocycles. The number of benzene rings is 1. The molecule has 1 heterocycles. The van der Waals surface area contributed by atoms with Gasteiger partial charge in [0, 0.05) is 13.3 Å². The summed E-state index contributed by atoms with van der Waals surface area (Å²) in [5.74, 6) is 1.48. The molecule has 1 N–H and O–H groups in total. The first kappa shape index (κ1) is 15.7. The molecular weight excluding hydrogens is 290 g/mol. The van der Waals surface area contributed by atoms with E-state index in [9.17, 15) is 4.79 Å². The highest BCUT2D eigenvalue weighted by Crippen LogP contribution is 2.33. The Bertz CT molecular complexity index is 706. The summed E-state index contributed by atoms with van der Waals surface area (Å²) in [4.78, 5) is 15.8. The van der Waals surface area contributed by atoms with E-state index in [1.54, 1.807) is 0 Å². The Kier molecular flexibility index (Phi) is 4.20. The Morgan fingerprint density at radius 3 is 2.96 bits per heavy atom. The molecule has 0 saturated carbocycles. The number of carbonyl (C=O) groups excluding carboxylic acids is 1. The molecule has 0 aliphatic heterocycles. The SMILES string of the molecule is CC(=O)NC(C)(C)c1noc(CC2CCCc3ccccc32)n1. The highest BCUT2D eigenvalue weighted by Gasteiger charge is 2.29. The molecule has 0 bridgehead atoms. The molecule has 2 aromatic rings. The molecule has 1 unspecified atom stereocenters. The van der Waals surface area contributed by atoms with Gasteiger partial charge in [-0.3, -0.25) is 4.79 Å². The van der Waals surface area contributed by atoms with Crippen molar-refractivity contribution in [3.8, 4) is 0 Å². The molecule has 5 heteroatoms. The van der Waals surface area contributed by atoms with Gasteiger partial charge in [0.1, 0.15) is 0 Å². The fourth-order valence-corrected chi connectivity index (χ4v) is 3.36. The van der Waals surface area contributed by atoms with E-state index in [0.29, 0.717) is 17.6 Å². The van der Waals surface area contributed by atoms with Gasteiger partial charge >= 0.3 is 0 Å². The molecule has 0 saturated heterocycles. The first-order valence-electron chi connectivity index (χ1n) is 8.15. The Morgan fingerprint density at radius 1 is 1.39 bits per heavy atom. The monoisotopic (exact) mass is 313 g/mol. The van der Waals surface area contributed by atoms with Crippen molar-refractivity contribution in [2.75, 3.05) is 0 Å². The fraction of sp³-hybridized carbons (Fsp3) is 0.500. The molecule has 23 heavy (non-hydrogen) atoms. The van der Waals surface area contributed by atoms with Crippen LogP contribution in [0.15, 0.2) is 28.8 Å². The van der Waals surface area contributed by atoms with Crippen molar-refractivity contribution in [2.24, 2.45) is 0 Å². The second-order valence-electron chi connectivity index (χ2n) is 6.81. The van der Waals surface area contributed by atoms with Crippen LogP contribution in [0.25, 0.3) is 0 Å². The summed E-state index contributed by atoms with van der Waals surface area (Å²) in [6.45, 7) is 5.24. The summed E-state index contributed by atoms with van der Waals surface area (Å²) < 4.78 is 5.44. The molecule has 122 valence electrons. The Balaban J connectivity index is 1.77. The van der Waals surface area contributed by atoms with Crippen molar-refractivity contribution in [3.63, 3.8) is 0 Å². The minimum atomic E-state index is -0.627. The number of aryl methyl sites for hydroxylation is 1. The van der Waals surface area contributed by atoms with Crippen molar-refractivity contribution in [1.82, 2.24) is 15.5 Å². The molecule has 0 radical (unpaired) electrons. The maximum absolute atomic E-state index is 11.3. The third kappa shape index (κ3) is 3.44. The summed E-state index contributed by atoms with van der Waals surface area (Å²) in [5.41, 5.74) is 2.21. The second-order valence-corrected chi connectivity index (χ2v) is 6.81. The van der Waals surface area contributed by atoms with Gasteiger partial charge in [-0.15, -0.1) is 0 Å². The topological polar surface area (TPSA) is 68.0 Å². The van der Waals surface area contributed by atoms with E-state index in [1.807, 2.05) is 13.8 Å². The van der Waals surface area contributed by atoms with Gasteiger partial charge in [0.25, 0.3) is 0 Å². The van der Waals surface area contributed by atoms with E-state index < -0.39 is 5.54 Å². The molecule has 1 aliphatic rings. The standard InChI is InChI=1S/C18H23N3O2/c1-12(22)20-18(2,3)17-19-16(23-21-17)11-14-9-6-8-13-7-4-5-10-15(13)14/h4-5,7,10,14H,6,8-9,11H2,1-3H3,(H,20,22). The van der Waals surface area contributed by atoms with Crippen LogP contribution in [-0.2, 0) is 23.2 Å². The first-order chi connectivity index (χ1) is 11.0. The van der Waals surface area contributed by atoms with E-state index in [-0.39, 0.29) is 5.91 Å². The summed E-state index contributed by atoms with van der Waals surface area (Å²) >= 11 is 0. The fourth-order valence-electron chi connectivity index (χ4n) is 3.36. The number of aromatic nitrogens is 2. The number of nitrogens with zero attached hydrogens (tertiary/aromatic N) is 2. The highest BCUT2D eigenvalue weighted by atomic mass is 16.5. The first-order valence-corrected chi connectivity index (χ1v) is 8.15. The van der Waals surface area contributed by atoms with Crippen LogP contribution in [0.5, 0.6) is 0 Å². The van der Waals surface area contributed by atoms with Crippen LogP contribution < -0.4 is 5.32 Å². The van der Waals surface area contributed by atoms with Crippen LogP contribution in [0.3, 0.4) is 0 Å². The number of nitrogens with one attached hydrogen (secondary N) is 1. The lowest BCUT2D eigenvalue weighted by atomic mass is 9.81. The number of hydrogen-bond donors (Lipinski definition) is 1. The average molecular weight is 313 g/mol. The minimum absolute atomic E-state index is 0.109. The van der Waals surface area contributed by atoms with Gasteiger partial charge in [-0.1, -0.05) is 29.4 Å². The van der Waals surface area contributed by atoms with Gasteiger partial charge in [-0.2, -0.15) is 4.98 Å². The quantitative estimate of drug-likeness (QED) is 0.941. The third-order valence-corrected chi connectivity index (χ3v) is 4.43. The zero-order chi connectivity index (χ0) is 16.4. The molecule has 1 aromatic heterocycles. The summed E-state index contributed by atoms with van der Waals surface area (Å²) in [7, 11) is 0. The number of amides is 1. The van der Waals surface area contributed by atoms with Gasteiger partial charge in [0.2, 0.25) is 11.8 Å². The lowest BCUT2D eigenvalue weighted by Crippen LogP contribution is -2.40. The number of rotatable bonds is 4. The van der Waals surface area contributed by atoms with Crippen molar-refractivity contribution in [3.05, 3.63) is 47.1 Å². The number of carbonyl (C=O) groups is 1. The smallest absolute Gasteiger partial charge is 0.227 e. The lowest BCUT2D eigenvalue weighted by molar-refractivity contribution is -0.120. The van der Waals surface area contributed by atoms with Crippen LogP contribution in [0, 0.1) is 0 Å². The van der Waals surface area contributed by atoms with Gasteiger partial charge in [0.05, 0.1) is 5.54 Å². The molecular formula is C18H23N3O2. The predicted octanol–water partition coefficient (Wildman–Crippen LogP) is 3.10. The van der Waals surface area contributed by atoms with E-state index in [0.717, 1.165) is 19.3 Å². The third-order valence-electron chi connectivity index (χ3n) is 4.43. The van der Waals surface area contributed by atoms with Crippen molar-refractivity contribution < 1.29 is 9.32 Å². The largest absolute Gasteiger partial charge is 0.344 e. The lowest BCUT2D eigenvalue weighted by Gasteiger charge is -2.24.